The highest BCUT2D eigenvalue weighted by atomic mass is 79.9. The van der Waals surface area contributed by atoms with Gasteiger partial charge in [-0.1, -0.05) is 40.2 Å². The van der Waals surface area contributed by atoms with Crippen molar-refractivity contribution in [1.82, 2.24) is 20.1 Å². The third kappa shape index (κ3) is 6.70. The number of carbonyl (C=O) groups excluding carboxylic acids is 1. The number of hydrogen-bond donors (Lipinski definition) is 2. The van der Waals surface area contributed by atoms with Gasteiger partial charge in [0.15, 0.2) is 11.6 Å². The van der Waals surface area contributed by atoms with E-state index in [-0.39, 0.29) is 17.5 Å². The number of nitrogens with zero attached hydrogens (tertiary/aromatic N) is 4. The smallest absolute Gasteiger partial charge is 0.253 e. The Morgan fingerprint density at radius 2 is 1.63 bits per heavy atom. The van der Waals surface area contributed by atoms with Gasteiger partial charge in [-0.2, -0.15) is 0 Å². The minimum absolute atomic E-state index is 0.0313. The lowest BCUT2D eigenvalue weighted by Crippen LogP contribution is -2.53. The van der Waals surface area contributed by atoms with E-state index < -0.39 is 0 Å². The van der Waals surface area contributed by atoms with E-state index >= 15 is 0 Å². The van der Waals surface area contributed by atoms with Crippen LogP contribution >= 0.6 is 15.9 Å². The molecule has 2 aliphatic heterocycles. The Morgan fingerprint density at radius 3 is 2.29 bits per heavy atom. The van der Waals surface area contributed by atoms with Gasteiger partial charge in [-0.15, -0.1) is 0 Å². The predicted molar refractivity (Wildman–Crippen MR) is 150 cm³/mol. The van der Waals surface area contributed by atoms with Gasteiger partial charge in [-0.25, -0.2) is 9.37 Å². The van der Waals surface area contributed by atoms with Gasteiger partial charge in [0.1, 0.15) is 5.82 Å². The maximum atomic E-state index is 13.2. The Balaban J connectivity index is 1.08. The molecule has 3 aromatic rings. The number of hydrogen-bond acceptors (Lipinski definition) is 6. The van der Waals surface area contributed by atoms with Crippen LogP contribution < -0.4 is 10.2 Å². The number of nitrogens with one attached hydrogen (secondary N) is 1. The molecule has 2 N–H and O–H groups in total. The van der Waals surface area contributed by atoms with Gasteiger partial charge >= 0.3 is 0 Å². The number of amides is 1. The Bertz CT molecular complexity index is 1220. The molecule has 1 amide bonds. The molecule has 0 aliphatic carbocycles. The van der Waals surface area contributed by atoms with Crippen LogP contribution in [0.1, 0.15) is 34.3 Å². The molecule has 200 valence electrons. The number of rotatable bonds is 7. The first-order chi connectivity index (χ1) is 18.4. The first kappa shape index (κ1) is 26.6. The summed E-state index contributed by atoms with van der Waals surface area (Å²) in [4.78, 5) is 24.1. The van der Waals surface area contributed by atoms with Crippen LogP contribution in [0.4, 0.5) is 10.2 Å². The average molecular weight is 583 g/mol. The van der Waals surface area contributed by atoms with Crippen LogP contribution in [0, 0.1) is 5.82 Å². The molecule has 1 aromatic heterocycles. The van der Waals surface area contributed by atoms with Crippen molar-refractivity contribution in [1.29, 1.82) is 0 Å². The van der Waals surface area contributed by atoms with E-state index in [2.05, 4.69) is 40.9 Å². The molecular formula is C29H33BrFN5O2. The number of aromatic nitrogens is 1. The third-order valence-corrected chi connectivity index (χ3v) is 8.01. The Morgan fingerprint density at radius 1 is 0.974 bits per heavy atom. The third-order valence-electron chi connectivity index (χ3n) is 7.48. The number of pyridine rings is 1. The maximum Gasteiger partial charge on any atom is 0.253 e. The second-order valence-corrected chi connectivity index (χ2v) is 10.9. The molecule has 0 atom stereocenters. The van der Waals surface area contributed by atoms with Crippen LogP contribution in [-0.4, -0.2) is 71.1 Å². The summed E-state index contributed by atoms with van der Waals surface area (Å²) >= 11 is 3.41. The highest BCUT2D eigenvalue weighted by Crippen LogP contribution is 2.28. The number of benzene rings is 2. The fraction of sp³-hybridized carbons (Fsp3) is 0.379. The van der Waals surface area contributed by atoms with Gasteiger partial charge in [0, 0.05) is 56.0 Å². The summed E-state index contributed by atoms with van der Waals surface area (Å²) in [5, 5.41) is 13.5. The number of halogens is 2. The number of piperazine rings is 1. The largest absolute Gasteiger partial charge is 0.504 e. The zero-order chi connectivity index (χ0) is 26.5. The molecule has 0 spiro atoms. The number of anilines is 1. The second-order valence-electron chi connectivity index (χ2n) is 10.0. The van der Waals surface area contributed by atoms with E-state index in [0.717, 1.165) is 74.3 Å². The van der Waals surface area contributed by atoms with Crippen molar-refractivity contribution in [2.45, 2.75) is 32.0 Å². The van der Waals surface area contributed by atoms with Gasteiger partial charge < -0.3 is 15.3 Å². The number of carbonyl (C=O) groups is 1. The van der Waals surface area contributed by atoms with E-state index in [1.165, 1.54) is 24.4 Å². The first-order valence-corrected chi connectivity index (χ1v) is 13.9. The standard InChI is InChI=1S/C29H33BrFN5O2/c30-24-5-1-21(2-6-24)18-33-29(38)23-17-27(37)28(32-19-23)36-15-13-35(14-16-36)26-9-11-34(12-10-26)20-22-3-7-25(31)8-4-22/h1-8,17,19,26,37H,9-16,18,20H2,(H,33,38). The lowest BCUT2D eigenvalue weighted by molar-refractivity contribution is 0.0950. The predicted octanol–water partition coefficient (Wildman–Crippen LogP) is 4.41. The van der Waals surface area contributed by atoms with Gasteiger partial charge in [0.2, 0.25) is 0 Å². The lowest BCUT2D eigenvalue weighted by atomic mass is 10.0. The molecule has 2 fully saturated rings. The van der Waals surface area contributed by atoms with Crippen LogP contribution in [0.15, 0.2) is 65.3 Å². The first-order valence-electron chi connectivity index (χ1n) is 13.1. The van der Waals surface area contributed by atoms with Crippen molar-refractivity contribution in [2.24, 2.45) is 0 Å². The van der Waals surface area contributed by atoms with Crippen LogP contribution in [0.2, 0.25) is 0 Å². The normalized spacial score (nSPS) is 17.5. The van der Waals surface area contributed by atoms with Crippen molar-refractivity contribution < 1.29 is 14.3 Å². The Labute approximate surface area is 231 Å². The van der Waals surface area contributed by atoms with E-state index in [0.29, 0.717) is 24.0 Å². The van der Waals surface area contributed by atoms with Crippen LogP contribution in [-0.2, 0) is 13.1 Å². The number of aromatic hydroxyl groups is 1. The van der Waals surface area contributed by atoms with Crippen molar-refractivity contribution in [3.63, 3.8) is 0 Å². The summed E-state index contributed by atoms with van der Waals surface area (Å²) in [5.41, 5.74) is 2.49. The van der Waals surface area contributed by atoms with Crippen LogP contribution in [0.25, 0.3) is 0 Å². The zero-order valence-electron chi connectivity index (χ0n) is 21.3. The molecule has 5 rings (SSSR count). The summed E-state index contributed by atoms with van der Waals surface area (Å²) in [6, 6.07) is 16.6. The van der Waals surface area contributed by atoms with Crippen LogP contribution in [0.3, 0.4) is 0 Å². The summed E-state index contributed by atoms with van der Waals surface area (Å²) < 4.78 is 14.2. The average Bonchev–Trinajstić information content (AvgIpc) is 2.94. The summed E-state index contributed by atoms with van der Waals surface area (Å²) in [5.74, 6) is 0.106. The van der Waals surface area contributed by atoms with E-state index in [1.54, 1.807) is 0 Å². The fourth-order valence-corrected chi connectivity index (χ4v) is 5.55. The molecule has 0 saturated carbocycles. The van der Waals surface area contributed by atoms with Crippen molar-refractivity contribution in [3.8, 4) is 5.75 Å². The molecular weight excluding hydrogens is 549 g/mol. The summed E-state index contributed by atoms with van der Waals surface area (Å²) in [6.45, 7) is 6.74. The van der Waals surface area contributed by atoms with Gasteiger partial charge in [0.05, 0.1) is 5.56 Å². The molecule has 2 aromatic carbocycles. The fourth-order valence-electron chi connectivity index (χ4n) is 5.29. The molecule has 0 bridgehead atoms. The van der Waals surface area contributed by atoms with Crippen molar-refractivity contribution >= 4 is 27.7 Å². The van der Waals surface area contributed by atoms with Crippen molar-refractivity contribution in [3.05, 3.63) is 87.8 Å². The Hall–Kier alpha value is -3.01. The molecule has 2 aliphatic rings. The zero-order valence-corrected chi connectivity index (χ0v) is 22.9. The minimum Gasteiger partial charge on any atom is -0.504 e. The lowest BCUT2D eigenvalue weighted by Gasteiger charge is -2.43. The van der Waals surface area contributed by atoms with Gasteiger partial charge in [-0.05, 0) is 67.4 Å². The monoisotopic (exact) mass is 581 g/mol. The molecule has 0 radical (unpaired) electrons. The second kappa shape index (κ2) is 12.2. The highest BCUT2D eigenvalue weighted by molar-refractivity contribution is 9.10. The number of piperidine rings is 1. The quantitative estimate of drug-likeness (QED) is 0.431. The molecule has 9 heteroatoms. The molecule has 7 nitrogen and oxygen atoms in total. The molecule has 3 heterocycles. The van der Waals surface area contributed by atoms with Gasteiger partial charge in [-0.3, -0.25) is 14.6 Å². The maximum absolute atomic E-state index is 13.2. The SMILES string of the molecule is O=C(NCc1ccc(Br)cc1)c1cnc(N2CCN(C3CCN(Cc4ccc(F)cc4)CC3)CC2)c(O)c1. The van der Waals surface area contributed by atoms with E-state index in [9.17, 15) is 14.3 Å². The van der Waals surface area contributed by atoms with Crippen molar-refractivity contribution in [2.75, 3.05) is 44.2 Å². The molecule has 38 heavy (non-hydrogen) atoms. The Kier molecular flexibility index (Phi) is 8.56. The summed E-state index contributed by atoms with van der Waals surface area (Å²) in [6.07, 6.45) is 3.78. The van der Waals surface area contributed by atoms with E-state index in [4.69, 9.17) is 0 Å². The van der Waals surface area contributed by atoms with Crippen LogP contribution in [0.5, 0.6) is 5.75 Å². The molecule has 2 saturated heterocycles. The summed E-state index contributed by atoms with van der Waals surface area (Å²) in [7, 11) is 0. The minimum atomic E-state index is -0.266. The highest BCUT2D eigenvalue weighted by Gasteiger charge is 2.28. The van der Waals surface area contributed by atoms with Gasteiger partial charge in [0.25, 0.3) is 5.91 Å². The topological polar surface area (TPSA) is 71.9 Å². The number of likely N-dealkylation sites (tertiary alicyclic amines) is 1. The van der Waals surface area contributed by atoms with E-state index in [1.807, 2.05) is 36.4 Å². The molecule has 0 unspecified atom stereocenters.